The molecule has 2 rings (SSSR count). The maximum Gasteiger partial charge on any atom is 0.335 e. The standard InChI is InChI=1S/C14H16N2O3/c1-9-6-11(14(17)18)8-13(15-9)16-10(2)7-12-4-3-5-19-12/h3-6,8,10H,7H2,1-2H3,(H,15,16)(H,17,18). The summed E-state index contributed by atoms with van der Waals surface area (Å²) in [4.78, 5) is 15.3. The smallest absolute Gasteiger partial charge is 0.335 e. The molecular weight excluding hydrogens is 244 g/mol. The van der Waals surface area contributed by atoms with Crippen LogP contribution in [0, 0.1) is 6.92 Å². The van der Waals surface area contributed by atoms with E-state index in [1.807, 2.05) is 19.1 Å². The average molecular weight is 260 g/mol. The summed E-state index contributed by atoms with van der Waals surface area (Å²) < 4.78 is 5.27. The summed E-state index contributed by atoms with van der Waals surface area (Å²) >= 11 is 0. The van der Waals surface area contributed by atoms with Crippen LogP contribution < -0.4 is 5.32 Å². The highest BCUT2D eigenvalue weighted by atomic mass is 16.4. The number of pyridine rings is 1. The molecule has 0 amide bonds. The Morgan fingerprint density at radius 1 is 1.53 bits per heavy atom. The normalized spacial score (nSPS) is 12.1. The lowest BCUT2D eigenvalue weighted by molar-refractivity contribution is 0.0696. The summed E-state index contributed by atoms with van der Waals surface area (Å²) in [6.45, 7) is 3.77. The van der Waals surface area contributed by atoms with Gasteiger partial charge >= 0.3 is 5.97 Å². The minimum atomic E-state index is -0.952. The predicted octanol–water partition coefficient (Wildman–Crippen LogP) is 2.72. The van der Waals surface area contributed by atoms with Gasteiger partial charge in [-0.3, -0.25) is 0 Å². The molecule has 1 atom stereocenters. The molecule has 1 unspecified atom stereocenters. The van der Waals surface area contributed by atoms with Gasteiger partial charge in [-0.25, -0.2) is 9.78 Å². The van der Waals surface area contributed by atoms with E-state index in [1.54, 1.807) is 19.3 Å². The lowest BCUT2D eigenvalue weighted by Gasteiger charge is -2.14. The Hall–Kier alpha value is -2.30. The van der Waals surface area contributed by atoms with E-state index in [0.29, 0.717) is 17.9 Å². The zero-order chi connectivity index (χ0) is 13.8. The summed E-state index contributed by atoms with van der Waals surface area (Å²) in [5, 5.41) is 12.2. The van der Waals surface area contributed by atoms with Gasteiger partial charge < -0.3 is 14.8 Å². The Morgan fingerprint density at radius 3 is 2.95 bits per heavy atom. The molecular formula is C14H16N2O3. The molecule has 5 heteroatoms. The predicted molar refractivity (Wildman–Crippen MR) is 71.4 cm³/mol. The summed E-state index contributed by atoms with van der Waals surface area (Å²) in [5.74, 6) is 0.495. The second-order valence-electron chi connectivity index (χ2n) is 4.52. The topological polar surface area (TPSA) is 75.4 Å². The molecule has 0 aromatic carbocycles. The number of nitrogens with one attached hydrogen (secondary N) is 1. The van der Waals surface area contributed by atoms with E-state index in [-0.39, 0.29) is 11.6 Å². The van der Waals surface area contributed by atoms with Gasteiger partial charge in [0, 0.05) is 18.2 Å². The molecule has 0 spiro atoms. The average Bonchev–Trinajstić information content (AvgIpc) is 2.80. The first-order chi connectivity index (χ1) is 9.04. The van der Waals surface area contributed by atoms with Crippen LogP contribution in [0.25, 0.3) is 0 Å². The van der Waals surface area contributed by atoms with Crippen LogP contribution in [0.15, 0.2) is 34.9 Å². The van der Waals surface area contributed by atoms with Crippen molar-refractivity contribution < 1.29 is 14.3 Å². The largest absolute Gasteiger partial charge is 0.478 e. The number of aryl methyl sites for hydroxylation is 1. The third-order valence-electron chi connectivity index (χ3n) is 2.68. The zero-order valence-electron chi connectivity index (χ0n) is 10.9. The minimum absolute atomic E-state index is 0.0992. The van der Waals surface area contributed by atoms with Gasteiger partial charge in [0.25, 0.3) is 0 Å². The fraction of sp³-hybridized carbons (Fsp3) is 0.286. The number of hydrogen-bond donors (Lipinski definition) is 2. The lowest BCUT2D eigenvalue weighted by Crippen LogP contribution is -2.19. The Balaban J connectivity index is 2.08. The van der Waals surface area contributed by atoms with E-state index in [4.69, 9.17) is 9.52 Å². The van der Waals surface area contributed by atoms with E-state index < -0.39 is 5.97 Å². The van der Waals surface area contributed by atoms with E-state index in [1.165, 1.54) is 6.07 Å². The second-order valence-corrected chi connectivity index (χ2v) is 4.52. The molecule has 2 heterocycles. The van der Waals surface area contributed by atoms with Gasteiger partial charge in [0.15, 0.2) is 0 Å². The van der Waals surface area contributed by atoms with E-state index in [0.717, 1.165) is 5.76 Å². The number of aromatic nitrogens is 1. The number of hydrogen-bond acceptors (Lipinski definition) is 4. The molecule has 0 saturated carbocycles. The first-order valence-electron chi connectivity index (χ1n) is 6.05. The van der Waals surface area contributed by atoms with Gasteiger partial charge in [-0.1, -0.05) is 0 Å². The second kappa shape index (κ2) is 5.56. The molecule has 19 heavy (non-hydrogen) atoms. The maximum absolute atomic E-state index is 11.0. The Bertz CT molecular complexity index is 564. The van der Waals surface area contributed by atoms with Gasteiger partial charge in [-0.05, 0) is 38.1 Å². The molecule has 2 aromatic rings. The maximum atomic E-state index is 11.0. The fourth-order valence-corrected chi connectivity index (χ4v) is 1.90. The number of carboxylic acid groups (broad SMARTS) is 1. The Kier molecular flexibility index (Phi) is 3.85. The molecule has 100 valence electrons. The highest BCUT2D eigenvalue weighted by Gasteiger charge is 2.10. The third kappa shape index (κ3) is 3.58. The van der Waals surface area contributed by atoms with Crippen molar-refractivity contribution in [2.45, 2.75) is 26.3 Å². The number of carbonyl (C=O) groups is 1. The molecule has 0 saturated heterocycles. The Labute approximate surface area is 111 Å². The monoisotopic (exact) mass is 260 g/mol. The van der Waals surface area contributed by atoms with E-state index in [2.05, 4.69) is 10.3 Å². The number of furan rings is 1. The molecule has 0 radical (unpaired) electrons. The van der Waals surface area contributed by atoms with E-state index >= 15 is 0 Å². The van der Waals surface area contributed by atoms with Crippen LogP contribution in [-0.4, -0.2) is 22.1 Å². The summed E-state index contributed by atoms with van der Waals surface area (Å²) in [5.41, 5.74) is 0.910. The van der Waals surface area contributed by atoms with E-state index in [9.17, 15) is 4.79 Å². The van der Waals surface area contributed by atoms with Gasteiger partial charge in [0.05, 0.1) is 11.8 Å². The highest BCUT2D eigenvalue weighted by Crippen LogP contribution is 2.13. The first kappa shape index (κ1) is 13.1. The molecule has 2 N–H and O–H groups in total. The molecule has 5 nitrogen and oxygen atoms in total. The molecule has 0 fully saturated rings. The van der Waals surface area contributed by atoms with Crippen LogP contribution in [0.2, 0.25) is 0 Å². The summed E-state index contributed by atoms with van der Waals surface area (Å²) in [7, 11) is 0. The molecule has 0 aliphatic heterocycles. The lowest BCUT2D eigenvalue weighted by atomic mass is 10.2. The molecule has 2 aromatic heterocycles. The quantitative estimate of drug-likeness (QED) is 0.864. The van der Waals surface area contributed by atoms with Crippen molar-refractivity contribution >= 4 is 11.8 Å². The zero-order valence-corrected chi connectivity index (χ0v) is 10.9. The van der Waals surface area contributed by atoms with Crippen LogP contribution in [0.3, 0.4) is 0 Å². The number of anilines is 1. The van der Waals surface area contributed by atoms with Crippen molar-refractivity contribution in [1.82, 2.24) is 4.98 Å². The first-order valence-corrected chi connectivity index (χ1v) is 6.05. The fourth-order valence-electron chi connectivity index (χ4n) is 1.90. The number of carboxylic acids is 1. The van der Waals surface area contributed by atoms with Crippen LogP contribution in [0.5, 0.6) is 0 Å². The van der Waals surface area contributed by atoms with Crippen LogP contribution in [0.4, 0.5) is 5.82 Å². The summed E-state index contributed by atoms with van der Waals surface area (Å²) in [6, 6.07) is 6.93. The van der Waals surface area contributed by atoms with Crippen molar-refractivity contribution in [2.24, 2.45) is 0 Å². The molecule has 0 aliphatic carbocycles. The van der Waals surface area contributed by atoms with Crippen molar-refractivity contribution in [1.29, 1.82) is 0 Å². The van der Waals surface area contributed by atoms with Gasteiger partial charge in [-0.2, -0.15) is 0 Å². The van der Waals surface area contributed by atoms with Crippen LogP contribution in [0.1, 0.15) is 28.7 Å². The van der Waals surface area contributed by atoms with Crippen molar-refractivity contribution in [3.05, 3.63) is 47.5 Å². The van der Waals surface area contributed by atoms with Gasteiger partial charge in [-0.15, -0.1) is 0 Å². The Morgan fingerprint density at radius 2 is 2.32 bits per heavy atom. The van der Waals surface area contributed by atoms with Crippen LogP contribution >= 0.6 is 0 Å². The minimum Gasteiger partial charge on any atom is -0.478 e. The highest BCUT2D eigenvalue weighted by molar-refractivity contribution is 5.88. The van der Waals surface area contributed by atoms with Crippen molar-refractivity contribution in [2.75, 3.05) is 5.32 Å². The number of nitrogens with zero attached hydrogens (tertiary/aromatic N) is 1. The van der Waals surface area contributed by atoms with Crippen LogP contribution in [-0.2, 0) is 6.42 Å². The SMILES string of the molecule is Cc1cc(C(=O)O)cc(NC(C)Cc2ccco2)n1. The number of rotatable bonds is 5. The van der Waals surface area contributed by atoms with Gasteiger partial charge in [0.2, 0.25) is 0 Å². The third-order valence-corrected chi connectivity index (χ3v) is 2.68. The molecule has 0 bridgehead atoms. The summed E-state index contributed by atoms with van der Waals surface area (Å²) in [6.07, 6.45) is 2.35. The molecule has 0 aliphatic rings. The van der Waals surface area contributed by atoms with Crippen molar-refractivity contribution in [3.63, 3.8) is 0 Å². The van der Waals surface area contributed by atoms with Crippen molar-refractivity contribution in [3.8, 4) is 0 Å². The van der Waals surface area contributed by atoms with Gasteiger partial charge in [0.1, 0.15) is 11.6 Å². The number of aromatic carboxylic acids is 1.